The third kappa shape index (κ3) is 4.89. The predicted octanol–water partition coefficient (Wildman–Crippen LogP) is 1.97. The number of anilines is 1. The molecule has 7 nitrogen and oxygen atoms in total. The van der Waals surface area contributed by atoms with E-state index in [-0.39, 0.29) is 22.9 Å². The Balaban J connectivity index is 1.52. The molecule has 2 N–H and O–H groups in total. The Morgan fingerprint density at radius 2 is 1.83 bits per heavy atom. The lowest BCUT2D eigenvalue weighted by atomic mass is 10.2. The Hall–Kier alpha value is -2.58. The molecule has 0 aliphatic carbocycles. The average molecular weight is 436 g/mol. The zero-order valence-electron chi connectivity index (χ0n) is 15.9. The van der Waals surface area contributed by atoms with E-state index >= 15 is 0 Å². The van der Waals surface area contributed by atoms with Crippen LogP contribution in [0, 0.1) is 0 Å². The van der Waals surface area contributed by atoms with Gasteiger partial charge in [-0.25, -0.2) is 8.42 Å². The number of hydrogen-bond donors (Lipinski definition) is 2. The van der Waals surface area contributed by atoms with Crippen molar-refractivity contribution in [1.29, 1.82) is 0 Å². The van der Waals surface area contributed by atoms with Gasteiger partial charge in [-0.15, -0.1) is 0 Å². The van der Waals surface area contributed by atoms with Gasteiger partial charge in [0.15, 0.2) is 0 Å². The van der Waals surface area contributed by atoms with Gasteiger partial charge in [-0.2, -0.15) is 0 Å². The highest BCUT2D eigenvalue weighted by Crippen LogP contribution is 2.29. The Kier molecular flexibility index (Phi) is 6.44. The van der Waals surface area contributed by atoms with Crippen LogP contribution in [-0.4, -0.2) is 45.1 Å². The summed E-state index contributed by atoms with van der Waals surface area (Å²) in [5.74, 6) is -1.17. The summed E-state index contributed by atoms with van der Waals surface area (Å²) < 4.78 is 26.7. The average Bonchev–Trinajstić information content (AvgIpc) is 3.13. The number of rotatable bonds is 7. The number of sulfonamides is 1. The van der Waals surface area contributed by atoms with Crippen LogP contribution in [-0.2, 0) is 21.2 Å². The fourth-order valence-corrected chi connectivity index (χ4v) is 4.80. The minimum absolute atomic E-state index is 0.0495. The van der Waals surface area contributed by atoms with Crippen LogP contribution in [0.2, 0.25) is 5.02 Å². The van der Waals surface area contributed by atoms with Gasteiger partial charge in [0.05, 0.1) is 22.0 Å². The van der Waals surface area contributed by atoms with Gasteiger partial charge in [-0.3, -0.25) is 13.9 Å². The molecule has 0 aromatic heterocycles. The van der Waals surface area contributed by atoms with E-state index in [1.165, 1.54) is 11.2 Å². The Morgan fingerprint density at radius 1 is 1.14 bits per heavy atom. The number of nitrogens with zero attached hydrogens (tertiary/aromatic N) is 1. The summed E-state index contributed by atoms with van der Waals surface area (Å²) in [6.07, 6.45) is 0.673. The first-order valence-corrected chi connectivity index (χ1v) is 11.2. The number of carbonyl (C=O) groups excluding carboxylic acids is 2. The number of carbonyl (C=O) groups is 2. The molecular weight excluding hydrogens is 414 g/mol. The van der Waals surface area contributed by atoms with Crippen LogP contribution in [0.3, 0.4) is 0 Å². The number of amides is 2. The van der Waals surface area contributed by atoms with E-state index < -0.39 is 27.9 Å². The number of fused-ring (bicyclic) bond motifs is 1. The molecule has 1 atom stereocenters. The quantitative estimate of drug-likeness (QED) is 0.695. The maximum atomic E-state index is 12.6. The van der Waals surface area contributed by atoms with Gasteiger partial charge in [0.25, 0.3) is 5.91 Å². The van der Waals surface area contributed by atoms with Crippen molar-refractivity contribution in [2.75, 3.05) is 23.1 Å². The van der Waals surface area contributed by atoms with Crippen LogP contribution in [0.15, 0.2) is 48.5 Å². The van der Waals surface area contributed by atoms with Gasteiger partial charge >= 0.3 is 0 Å². The van der Waals surface area contributed by atoms with Gasteiger partial charge in [-0.05, 0) is 37.1 Å². The lowest BCUT2D eigenvalue weighted by Crippen LogP contribution is -2.46. The van der Waals surface area contributed by atoms with Crippen molar-refractivity contribution < 1.29 is 18.0 Å². The summed E-state index contributed by atoms with van der Waals surface area (Å²) in [5, 5.41) is 5.41. The van der Waals surface area contributed by atoms with Crippen LogP contribution in [0.4, 0.5) is 5.69 Å². The molecule has 2 amide bonds. The van der Waals surface area contributed by atoms with Crippen molar-refractivity contribution >= 4 is 39.1 Å². The molecule has 3 rings (SSSR count). The fraction of sp³-hybridized carbons (Fsp3) is 0.300. The first-order valence-electron chi connectivity index (χ1n) is 9.21. The Morgan fingerprint density at radius 3 is 2.59 bits per heavy atom. The van der Waals surface area contributed by atoms with Crippen molar-refractivity contribution in [3.8, 4) is 0 Å². The first kappa shape index (κ1) is 21.1. The first-order chi connectivity index (χ1) is 13.8. The maximum Gasteiger partial charge on any atom is 0.253 e. The Bertz CT molecular complexity index is 1030. The number of nitrogens with one attached hydrogen (secondary N) is 2. The van der Waals surface area contributed by atoms with Gasteiger partial charge in [-0.1, -0.05) is 41.9 Å². The molecule has 0 spiro atoms. The zero-order valence-corrected chi connectivity index (χ0v) is 17.5. The van der Waals surface area contributed by atoms with Crippen LogP contribution >= 0.6 is 11.6 Å². The van der Waals surface area contributed by atoms with Crippen molar-refractivity contribution in [3.05, 3.63) is 64.7 Å². The van der Waals surface area contributed by atoms with Gasteiger partial charge in [0.2, 0.25) is 15.9 Å². The summed E-state index contributed by atoms with van der Waals surface area (Å²) in [6.45, 7) is 1.88. The summed E-state index contributed by atoms with van der Waals surface area (Å²) in [5.41, 5.74) is 1.96. The van der Waals surface area contributed by atoms with Crippen LogP contribution in [0.25, 0.3) is 0 Å². The Labute approximate surface area is 175 Å². The molecule has 2 aromatic rings. The molecule has 1 aliphatic heterocycles. The molecule has 2 aromatic carbocycles. The van der Waals surface area contributed by atoms with Gasteiger partial charge in [0, 0.05) is 13.1 Å². The minimum atomic E-state index is -3.55. The molecule has 1 heterocycles. The maximum absolute atomic E-state index is 12.6. The smallest absolute Gasteiger partial charge is 0.253 e. The van der Waals surface area contributed by atoms with Crippen molar-refractivity contribution in [3.63, 3.8) is 0 Å². The number of halogens is 1. The number of hydrogen-bond acceptors (Lipinski definition) is 4. The van der Waals surface area contributed by atoms with Crippen molar-refractivity contribution in [1.82, 2.24) is 10.6 Å². The van der Waals surface area contributed by atoms with Crippen molar-refractivity contribution in [2.24, 2.45) is 0 Å². The van der Waals surface area contributed by atoms with Crippen LogP contribution < -0.4 is 14.9 Å². The van der Waals surface area contributed by atoms with E-state index in [1.54, 1.807) is 36.4 Å². The van der Waals surface area contributed by atoms with E-state index in [9.17, 15) is 18.0 Å². The normalized spacial score (nSPS) is 14.2. The fourth-order valence-electron chi connectivity index (χ4n) is 3.15. The molecule has 0 bridgehead atoms. The van der Waals surface area contributed by atoms with Gasteiger partial charge in [0.1, 0.15) is 6.04 Å². The SMILES string of the molecule is CC(NC(=O)c1ccccc1Cl)C(=O)NCCS(=O)(=O)N1CCc2ccccc21. The summed E-state index contributed by atoms with van der Waals surface area (Å²) in [4.78, 5) is 24.5. The molecule has 0 radical (unpaired) electrons. The van der Waals surface area contributed by atoms with E-state index in [0.29, 0.717) is 18.7 Å². The lowest BCUT2D eigenvalue weighted by Gasteiger charge is -2.20. The molecule has 29 heavy (non-hydrogen) atoms. The summed E-state index contributed by atoms with van der Waals surface area (Å²) in [6, 6.07) is 13.1. The molecule has 0 saturated heterocycles. The van der Waals surface area contributed by atoms with E-state index in [4.69, 9.17) is 11.6 Å². The molecule has 0 saturated carbocycles. The second kappa shape index (κ2) is 8.84. The second-order valence-electron chi connectivity index (χ2n) is 6.73. The molecule has 154 valence electrons. The molecule has 0 fully saturated rings. The third-order valence-electron chi connectivity index (χ3n) is 4.70. The standard InChI is InChI=1S/C20H22ClN3O4S/c1-14(23-20(26)16-7-3-4-8-17(16)21)19(25)22-11-13-29(27,28)24-12-10-15-6-2-5-9-18(15)24/h2-9,14H,10-13H2,1H3,(H,22,25)(H,23,26). The molecule has 9 heteroatoms. The summed E-state index contributed by atoms with van der Waals surface area (Å²) >= 11 is 5.98. The summed E-state index contributed by atoms with van der Waals surface area (Å²) in [7, 11) is -3.55. The van der Waals surface area contributed by atoms with E-state index in [0.717, 1.165) is 5.56 Å². The van der Waals surface area contributed by atoms with E-state index in [2.05, 4.69) is 10.6 Å². The molecule has 1 unspecified atom stereocenters. The second-order valence-corrected chi connectivity index (χ2v) is 9.15. The topological polar surface area (TPSA) is 95.6 Å². The monoisotopic (exact) mass is 435 g/mol. The zero-order chi connectivity index (χ0) is 21.0. The molecule has 1 aliphatic rings. The highest BCUT2D eigenvalue weighted by Gasteiger charge is 2.29. The number of benzene rings is 2. The highest BCUT2D eigenvalue weighted by atomic mass is 35.5. The predicted molar refractivity (Wildman–Crippen MR) is 113 cm³/mol. The van der Waals surface area contributed by atoms with Crippen LogP contribution in [0.5, 0.6) is 0 Å². The van der Waals surface area contributed by atoms with Gasteiger partial charge < -0.3 is 10.6 Å². The third-order valence-corrected chi connectivity index (χ3v) is 6.80. The van der Waals surface area contributed by atoms with E-state index in [1.807, 2.05) is 12.1 Å². The molecular formula is C20H22ClN3O4S. The van der Waals surface area contributed by atoms with Crippen LogP contribution in [0.1, 0.15) is 22.8 Å². The minimum Gasteiger partial charge on any atom is -0.353 e. The largest absolute Gasteiger partial charge is 0.353 e. The van der Waals surface area contributed by atoms with Crippen molar-refractivity contribution in [2.45, 2.75) is 19.4 Å². The highest BCUT2D eigenvalue weighted by molar-refractivity contribution is 7.92. The lowest BCUT2D eigenvalue weighted by molar-refractivity contribution is -0.122. The number of para-hydroxylation sites is 1.